The molecule has 8 heteroatoms. The molecule has 8 nitrogen and oxygen atoms in total. The van der Waals surface area contributed by atoms with Gasteiger partial charge in [0.25, 0.3) is 0 Å². The van der Waals surface area contributed by atoms with Crippen LogP contribution in [0.25, 0.3) is 22.3 Å². The summed E-state index contributed by atoms with van der Waals surface area (Å²) in [6.07, 6.45) is 2.73. The van der Waals surface area contributed by atoms with E-state index in [-0.39, 0.29) is 18.1 Å². The highest BCUT2D eigenvalue weighted by molar-refractivity contribution is 5.83. The number of ether oxygens (including phenoxy) is 2. The topological polar surface area (TPSA) is 80.7 Å². The molecule has 0 N–H and O–H groups in total. The number of amides is 1. The summed E-state index contributed by atoms with van der Waals surface area (Å²) in [5.41, 5.74) is 4.14. The first-order chi connectivity index (χ1) is 14.9. The van der Waals surface area contributed by atoms with E-state index in [1.807, 2.05) is 56.3 Å². The van der Waals surface area contributed by atoms with Gasteiger partial charge < -0.3 is 19.3 Å². The minimum absolute atomic E-state index is 0.0399. The van der Waals surface area contributed by atoms with Gasteiger partial charge in [0.1, 0.15) is 12.2 Å². The molecule has 0 saturated carbocycles. The lowest BCUT2D eigenvalue weighted by Crippen LogP contribution is -2.50. The Balaban J connectivity index is 1.64. The lowest BCUT2D eigenvalue weighted by atomic mass is 10.1. The van der Waals surface area contributed by atoms with E-state index in [0.29, 0.717) is 36.6 Å². The summed E-state index contributed by atoms with van der Waals surface area (Å²) in [6.45, 7) is 5.08. The minimum Gasteiger partial charge on any atom is -0.470 e. The average Bonchev–Trinajstić information content (AvgIpc) is 2.79. The zero-order valence-electron chi connectivity index (χ0n) is 18.3. The molecule has 1 amide bonds. The molecule has 1 aliphatic rings. The van der Waals surface area contributed by atoms with Crippen LogP contribution in [0, 0.1) is 0 Å². The molecule has 2 aromatic heterocycles. The van der Waals surface area contributed by atoms with E-state index in [4.69, 9.17) is 14.5 Å². The van der Waals surface area contributed by atoms with Crippen LogP contribution in [0.1, 0.15) is 13.8 Å². The molecule has 0 spiro atoms. The molecule has 162 valence electrons. The van der Waals surface area contributed by atoms with Gasteiger partial charge in [-0.05, 0) is 25.1 Å². The highest BCUT2D eigenvalue weighted by atomic mass is 16.5. The van der Waals surface area contributed by atoms with Crippen molar-refractivity contribution in [1.29, 1.82) is 0 Å². The number of rotatable bonds is 5. The maximum Gasteiger partial charge on any atom is 0.243 e. The first-order valence-electron chi connectivity index (χ1n) is 10.4. The molecule has 0 aliphatic carbocycles. The standard InChI is InChI=1S/C23H27N5O3/c1-15(21-14-28(16(2)29)11-12-30-21)31-23-22-20(24-9-10-25-22)13-19(26-23)17-5-7-18(8-6-17)27(3)4/h5-10,13,15,21H,11-12,14H2,1-4H3. The molecule has 1 aliphatic heterocycles. The third kappa shape index (κ3) is 4.59. The van der Waals surface area contributed by atoms with E-state index in [9.17, 15) is 4.79 Å². The largest absolute Gasteiger partial charge is 0.470 e. The Morgan fingerprint density at radius 1 is 1.23 bits per heavy atom. The Hall–Kier alpha value is -3.26. The second-order valence-electron chi connectivity index (χ2n) is 7.88. The van der Waals surface area contributed by atoms with Crippen molar-refractivity contribution >= 4 is 22.6 Å². The van der Waals surface area contributed by atoms with Crippen molar-refractivity contribution in [3.8, 4) is 17.1 Å². The van der Waals surface area contributed by atoms with Gasteiger partial charge in [-0.25, -0.2) is 9.97 Å². The third-order valence-corrected chi connectivity index (χ3v) is 5.46. The Morgan fingerprint density at radius 3 is 2.68 bits per heavy atom. The summed E-state index contributed by atoms with van der Waals surface area (Å²) < 4.78 is 12.1. The summed E-state index contributed by atoms with van der Waals surface area (Å²) in [6, 6.07) is 10.1. The summed E-state index contributed by atoms with van der Waals surface area (Å²) in [4.78, 5) is 29.2. The zero-order chi connectivity index (χ0) is 22.0. The first kappa shape index (κ1) is 21.0. The van der Waals surface area contributed by atoms with Crippen LogP contribution in [0.4, 0.5) is 5.69 Å². The van der Waals surface area contributed by atoms with Gasteiger partial charge in [0.05, 0.1) is 24.4 Å². The van der Waals surface area contributed by atoms with E-state index in [2.05, 4.69) is 9.97 Å². The first-order valence-corrected chi connectivity index (χ1v) is 10.4. The van der Waals surface area contributed by atoms with Crippen molar-refractivity contribution in [2.75, 3.05) is 38.7 Å². The van der Waals surface area contributed by atoms with Crippen molar-refractivity contribution in [3.05, 3.63) is 42.7 Å². The fraction of sp³-hybridized carbons (Fsp3) is 0.391. The predicted octanol–water partition coefficient (Wildman–Crippen LogP) is 2.77. The maximum absolute atomic E-state index is 11.8. The number of pyridine rings is 1. The number of hydrogen-bond acceptors (Lipinski definition) is 7. The number of carbonyl (C=O) groups is 1. The number of morpholine rings is 1. The van der Waals surface area contributed by atoms with Gasteiger partial charge in [-0.15, -0.1) is 0 Å². The maximum atomic E-state index is 11.8. The molecule has 3 aromatic rings. The van der Waals surface area contributed by atoms with E-state index >= 15 is 0 Å². The molecule has 2 unspecified atom stereocenters. The van der Waals surface area contributed by atoms with Crippen molar-refractivity contribution in [1.82, 2.24) is 19.9 Å². The monoisotopic (exact) mass is 421 g/mol. The lowest BCUT2D eigenvalue weighted by molar-refractivity contribution is -0.140. The van der Waals surface area contributed by atoms with Crippen LogP contribution in [-0.4, -0.2) is 71.8 Å². The van der Waals surface area contributed by atoms with Gasteiger partial charge in [0.15, 0.2) is 5.52 Å². The Labute approximate surface area is 181 Å². The van der Waals surface area contributed by atoms with Gasteiger partial charge in [-0.3, -0.25) is 9.78 Å². The van der Waals surface area contributed by atoms with E-state index in [1.54, 1.807) is 24.2 Å². The van der Waals surface area contributed by atoms with E-state index in [0.717, 1.165) is 16.9 Å². The highest BCUT2D eigenvalue weighted by Gasteiger charge is 2.29. The molecule has 1 saturated heterocycles. The number of nitrogens with zero attached hydrogens (tertiary/aromatic N) is 5. The minimum atomic E-state index is -0.314. The number of fused-ring (bicyclic) bond motifs is 1. The normalized spacial score (nSPS) is 17.4. The van der Waals surface area contributed by atoms with Crippen LogP contribution in [0.5, 0.6) is 5.88 Å². The lowest BCUT2D eigenvalue weighted by Gasteiger charge is -2.35. The molecule has 31 heavy (non-hydrogen) atoms. The van der Waals surface area contributed by atoms with Gasteiger partial charge in [0, 0.05) is 51.2 Å². The smallest absolute Gasteiger partial charge is 0.243 e. The third-order valence-electron chi connectivity index (χ3n) is 5.46. The summed E-state index contributed by atoms with van der Waals surface area (Å²) in [5.74, 6) is 0.450. The number of aromatic nitrogens is 3. The van der Waals surface area contributed by atoms with Crippen LogP contribution in [-0.2, 0) is 9.53 Å². The van der Waals surface area contributed by atoms with E-state index < -0.39 is 0 Å². The van der Waals surface area contributed by atoms with Crippen LogP contribution >= 0.6 is 0 Å². The number of carbonyl (C=O) groups excluding carboxylic acids is 1. The number of hydrogen-bond donors (Lipinski definition) is 0. The summed E-state index contributed by atoms with van der Waals surface area (Å²) in [7, 11) is 4.01. The Bertz CT molecular complexity index is 1070. The predicted molar refractivity (Wildman–Crippen MR) is 119 cm³/mol. The van der Waals surface area contributed by atoms with Gasteiger partial charge in [-0.2, -0.15) is 0 Å². The fourth-order valence-corrected chi connectivity index (χ4v) is 3.60. The molecular weight excluding hydrogens is 394 g/mol. The number of anilines is 1. The Kier molecular flexibility index (Phi) is 5.99. The fourth-order valence-electron chi connectivity index (χ4n) is 3.60. The van der Waals surface area contributed by atoms with Crippen molar-refractivity contribution in [3.63, 3.8) is 0 Å². The second-order valence-corrected chi connectivity index (χ2v) is 7.88. The molecule has 2 atom stereocenters. The summed E-state index contributed by atoms with van der Waals surface area (Å²) in [5, 5.41) is 0. The molecule has 3 heterocycles. The zero-order valence-corrected chi connectivity index (χ0v) is 18.3. The number of benzene rings is 1. The van der Waals surface area contributed by atoms with Crippen molar-refractivity contribution < 1.29 is 14.3 Å². The van der Waals surface area contributed by atoms with Gasteiger partial charge in [0.2, 0.25) is 11.8 Å². The quantitative estimate of drug-likeness (QED) is 0.627. The molecule has 0 radical (unpaired) electrons. The highest BCUT2D eigenvalue weighted by Crippen LogP contribution is 2.29. The van der Waals surface area contributed by atoms with Crippen LogP contribution in [0.2, 0.25) is 0 Å². The van der Waals surface area contributed by atoms with Crippen LogP contribution < -0.4 is 9.64 Å². The van der Waals surface area contributed by atoms with Crippen molar-refractivity contribution in [2.45, 2.75) is 26.1 Å². The van der Waals surface area contributed by atoms with Gasteiger partial charge >= 0.3 is 0 Å². The molecule has 1 aromatic carbocycles. The second kappa shape index (κ2) is 8.85. The molecular formula is C23H27N5O3. The van der Waals surface area contributed by atoms with Gasteiger partial charge in [-0.1, -0.05) is 12.1 Å². The molecule has 1 fully saturated rings. The molecule has 0 bridgehead atoms. The average molecular weight is 422 g/mol. The molecule has 4 rings (SSSR count). The summed E-state index contributed by atoms with van der Waals surface area (Å²) >= 11 is 0. The van der Waals surface area contributed by atoms with E-state index in [1.165, 1.54) is 0 Å². The van der Waals surface area contributed by atoms with Crippen molar-refractivity contribution in [2.24, 2.45) is 0 Å². The van der Waals surface area contributed by atoms with Crippen LogP contribution in [0.15, 0.2) is 42.7 Å². The SMILES string of the molecule is CC(=O)N1CCOC(C(C)Oc2nc(-c3ccc(N(C)C)cc3)cc3nccnc23)C1. The Morgan fingerprint density at radius 2 is 1.97 bits per heavy atom. The van der Waals surface area contributed by atoms with Crippen LogP contribution in [0.3, 0.4) is 0 Å².